The van der Waals surface area contributed by atoms with Crippen LogP contribution >= 0.6 is 22.6 Å². The first kappa shape index (κ1) is 16.9. The van der Waals surface area contributed by atoms with Crippen LogP contribution in [0.25, 0.3) is 0 Å². The molecule has 0 atom stereocenters. The van der Waals surface area contributed by atoms with Crippen LogP contribution in [0.3, 0.4) is 0 Å². The quantitative estimate of drug-likeness (QED) is 0.504. The van der Waals surface area contributed by atoms with Gasteiger partial charge < -0.3 is 10.4 Å². The second kappa shape index (κ2) is 9.74. The highest BCUT2D eigenvalue weighted by molar-refractivity contribution is 14.1. The molecule has 1 rings (SSSR count). The van der Waals surface area contributed by atoms with Crippen LogP contribution in [-0.2, 0) is 16.0 Å². The number of amides is 1. The second-order valence-corrected chi connectivity index (χ2v) is 5.93. The van der Waals surface area contributed by atoms with Crippen molar-refractivity contribution in [2.45, 2.75) is 38.5 Å². The fourth-order valence-corrected chi connectivity index (χ4v) is 2.18. The Morgan fingerprint density at radius 2 is 1.75 bits per heavy atom. The van der Waals surface area contributed by atoms with E-state index in [1.807, 2.05) is 0 Å². The van der Waals surface area contributed by atoms with E-state index in [9.17, 15) is 9.59 Å². The van der Waals surface area contributed by atoms with Crippen molar-refractivity contribution in [1.29, 1.82) is 0 Å². The van der Waals surface area contributed by atoms with Gasteiger partial charge in [-0.05, 0) is 66.0 Å². The zero-order valence-corrected chi connectivity index (χ0v) is 13.6. The Hall–Kier alpha value is -1.11. The highest BCUT2D eigenvalue weighted by Gasteiger charge is 2.02. The topological polar surface area (TPSA) is 66.4 Å². The first-order valence-electron chi connectivity index (χ1n) is 6.81. The van der Waals surface area contributed by atoms with E-state index >= 15 is 0 Å². The maximum Gasteiger partial charge on any atom is 0.303 e. The maximum absolute atomic E-state index is 11.5. The standard InChI is InChI=1S/C15H20INO3/c16-13-9-7-12(8-10-13)4-1-2-5-14(18)17-11-3-6-15(19)20/h7-10H,1-6,11H2,(H,17,18)(H,19,20). The van der Waals surface area contributed by atoms with Gasteiger partial charge in [0.1, 0.15) is 0 Å². The van der Waals surface area contributed by atoms with Crippen LogP contribution in [0.1, 0.15) is 37.7 Å². The van der Waals surface area contributed by atoms with E-state index in [1.165, 1.54) is 9.13 Å². The lowest BCUT2D eigenvalue weighted by atomic mass is 10.1. The molecule has 4 nitrogen and oxygen atoms in total. The van der Waals surface area contributed by atoms with Gasteiger partial charge in [0.05, 0.1) is 0 Å². The Kier molecular flexibility index (Phi) is 8.25. The lowest BCUT2D eigenvalue weighted by Gasteiger charge is -2.04. The molecule has 0 aliphatic carbocycles. The number of carboxylic acid groups (broad SMARTS) is 1. The molecule has 0 spiro atoms. The number of hydrogen-bond acceptors (Lipinski definition) is 2. The molecule has 110 valence electrons. The molecule has 2 N–H and O–H groups in total. The predicted octanol–water partition coefficient (Wildman–Crippen LogP) is 2.99. The summed E-state index contributed by atoms with van der Waals surface area (Å²) in [6.07, 6.45) is 3.94. The van der Waals surface area contributed by atoms with Crippen LogP contribution < -0.4 is 5.32 Å². The Labute approximate surface area is 133 Å². The van der Waals surface area contributed by atoms with Gasteiger partial charge in [-0.3, -0.25) is 9.59 Å². The first-order chi connectivity index (χ1) is 9.58. The highest BCUT2D eigenvalue weighted by atomic mass is 127. The molecule has 0 aromatic heterocycles. The molecule has 1 aromatic carbocycles. The number of carbonyl (C=O) groups is 2. The van der Waals surface area contributed by atoms with Gasteiger partial charge in [0, 0.05) is 23.0 Å². The summed E-state index contributed by atoms with van der Waals surface area (Å²) in [6.45, 7) is 0.447. The van der Waals surface area contributed by atoms with E-state index in [4.69, 9.17) is 5.11 Å². The summed E-state index contributed by atoms with van der Waals surface area (Å²) < 4.78 is 1.23. The van der Waals surface area contributed by atoms with Gasteiger partial charge in [0.15, 0.2) is 0 Å². The molecule has 0 aliphatic rings. The third-order valence-corrected chi connectivity index (χ3v) is 3.64. The van der Waals surface area contributed by atoms with Gasteiger partial charge in [0.2, 0.25) is 5.91 Å². The molecule has 5 heteroatoms. The summed E-state index contributed by atoms with van der Waals surface area (Å²) in [4.78, 5) is 21.8. The van der Waals surface area contributed by atoms with Crippen LogP contribution in [0.15, 0.2) is 24.3 Å². The van der Waals surface area contributed by atoms with E-state index in [0.29, 0.717) is 19.4 Å². The van der Waals surface area contributed by atoms with Crippen LogP contribution in [0.5, 0.6) is 0 Å². The van der Waals surface area contributed by atoms with Crippen molar-refractivity contribution >= 4 is 34.5 Å². The molecule has 1 aromatic rings. The molecule has 1 amide bonds. The van der Waals surface area contributed by atoms with Crippen LogP contribution in [0.4, 0.5) is 0 Å². The molecule has 0 heterocycles. The Morgan fingerprint density at radius 3 is 2.40 bits per heavy atom. The van der Waals surface area contributed by atoms with E-state index in [2.05, 4.69) is 52.2 Å². The van der Waals surface area contributed by atoms with Crippen molar-refractivity contribution in [3.8, 4) is 0 Å². The SMILES string of the molecule is O=C(O)CCCNC(=O)CCCCc1ccc(I)cc1. The van der Waals surface area contributed by atoms with Crippen molar-refractivity contribution in [2.75, 3.05) is 6.54 Å². The van der Waals surface area contributed by atoms with Gasteiger partial charge in [-0.25, -0.2) is 0 Å². The first-order valence-corrected chi connectivity index (χ1v) is 7.89. The fraction of sp³-hybridized carbons (Fsp3) is 0.467. The number of aliphatic carboxylic acids is 1. The Morgan fingerprint density at radius 1 is 1.05 bits per heavy atom. The predicted molar refractivity (Wildman–Crippen MR) is 86.6 cm³/mol. The molecule has 0 bridgehead atoms. The van der Waals surface area contributed by atoms with Crippen molar-refractivity contribution in [1.82, 2.24) is 5.32 Å². The lowest BCUT2D eigenvalue weighted by Crippen LogP contribution is -2.24. The van der Waals surface area contributed by atoms with Crippen LogP contribution in [-0.4, -0.2) is 23.5 Å². The van der Waals surface area contributed by atoms with Crippen molar-refractivity contribution < 1.29 is 14.7 Å². The van der Waals surface area contributed by atoms with Gasteiger partial charge >= 0.3 is 5.97 Å². The Balaban J connectivity index is 2.04. The number of hydrogen-bond donors (Lipinski definition) is 2. The minimum absolute atomic E-state index is 0.0120. The molecule has 0 saturated heterocycles. The van der Waals surface area contributed by atoms with E-state index < -0.39 is 5.97 Å². The summed E-state index contributed by atoms with van der Waals surface area (Å²) in [6, 6.07) is 8.41. The molecule has 0 fully saturated rings. The average molecular weight is 389 g/mol. The van der Waals surface area contributed by atoms with Crippen molar-refractivity contribution in [2.24, 2.45) is 0 Å². The zero-order valence-electron chi connectivity index (χ0n) is 11.4. The number of halogens is 1. The Bertz CT molecular complexity index is 431. The molecule has 20 heavy (non-hydrogen) atoms. The molecule has 0 saturated carbocycles. The van der Waals surface area contributed by atoms with E-state index in [-0.39, 0.29) is 12.3 Å². The third kappa shape index (κ3) is 8.14. The van der Waals surface area contributed by atoms with Crippen LogP contribution in [0.2, 0.25) is 0 Å². The zero-order chi connectivity index (χ0) is 14.8. The number of benzene rings is 1. The summed E-state index contributed by atoms with van der Waals surface area (Å²) in [5.41, 5.74) is 1.30. The van der Waals surface area contributed by atoms with Crippen molar-refractivity contribution in [3.63, 3.8) is 0 Å². The minimum atomic E-state index is -0.822. The van der Waals surface area contributed by atoms with E-state index in [1.54, 1.807) is 0 Å². The molecule has 0 aliphatic heterocycles. The number of carboxylic acids is 1. The lowest BCUT2D eigenvalue weighted by molar-refractivity contribution is -0.137. The van der Waals surface area contributed by atoms with E-state index in [0.717, 1.165) is 19.3 Å². The third-order valence-electron chi connectivity index (χ3n) is 2.92. The number of rotatable bonds is 9. The summed E-state index contributed by atoms with van der Waals surface area (Å²) >= 11 is 2.28. The largest absolute Gasteiger partial charge is 0.481 e. The molecule has 0 radical (unpaired) electrons. The monoisotopic (exact) mass is 389 g/mol. The molecule has 0 unspecified atom stereocenters. The smallest absolute Gasteiger partial charge is 0.303 e. The van der Waals surface area contributed by atoms with Crippen molar-refractivity contribution in [3.05, 3.63) is 33.4 Å². The molecular formula is C15H20INO3. The minimum Gasteiger partial charge on any atom is -0.481 e. The second-order valence-electron chi connectivity index (χ2n) is 4.68. The van der Waals surface area contributed by atoms with Gasteiger partial charge in [-0.2, -0.15) is 0 Å². The van der Waals surface area contributed by atoms with Gasteiger partial charge in [-0.1, -0.05) is 12.1 Å². The van der Waals surface area contributed by atoms with Gasteiger partial charge in [-0.15, -0.1) is 0 Å². The number of unbranched alkanes of at least 4 members (excludes halogenated alkanes) is 1. The highest BCUT2D eigenvalue weighted by Crippen LogP contribution is 2.10. The number of aryl methyl sites for hydroxylation is 1. The molecular weight excluding hydrogens is 369 g/mol. The van der Waals surface area contributed by atoms with Crippen LogP contribution in [0, 0.1) is 3.57 Å². The maximum atomic E-state index is 11.5. The normalized spacial score (nSPS) is 10.2. The summed E-state index contributed by atoms with van der Waals surface area (Å²) in [7, 11) is 0. The van der Waals surface area contributed by atoms with Gasteiger partial charge in [0.25, 0.3) is 0 Å². The number of carbonyl (C=O) groups excluding carboxylic acids is 1. The summed E-state index contributed by atoms with van der Waals surface area (Å²) in [5, 5.41) is 11.2. The fourth-order valence-electron chi connectivity index (χ4n) is 1.82. The average Bonchev–Trinajstić information content (AvgIpc) is 2.41. The number of nitrogens with one attached hydrogen (secondary N) is 1. The summed E-state index contributed by atoms with van der Waals surface area (Å²) in [5.74, 6) is -0.810.